The molecule has 124 valence electrons. The van der Waals surface area contributed by atoms with E-state index in [0.717, 1.165) is 26.2 Å². The van der Waals surface area contributed by atoms with Crippen molar-refractivity contribution in [1.29, 1.82) is 0 Å². The van der Waals surface area contributed by atoms with Crippen LogP contribution in [-0.4, -0.2) is 20.2 Å². The standard InChI is InChI=1S/C16H20N2O4S/c1-10(19)18-23(21,22)14-6-4-13(5-7-14)17-16(20)15-9-11-2-3-12(15)8-11/h4-7,11-12,15H,2-3,8-9H2,1H3,(H,17,20)(H,18,19)/t11-,12-,15+/m0/s1. The second-order valence-corrected chi connectivity index (χ2v) is 8.14. The first-order valence-electron chi connectivity index (χ1n) is 7.79. The predicted molar refractivity (Wildman–Crippen MR) is 85.0 cm³/mol. The van der Waals surface area contributed by atoms with E-state index in [-0.39, 0.29) is 16.7 Å². The zero-order valence-electron chi connectivity index (χ0n) is 12.9. The number of fused-ring (bicyclic) bond motifs is 2. The summed E-state index contributed by atoms with van der Waals surface area (Å²) >= 11 is 0. The van der Waals surface area contributed by atoms with E-state index in [0.29, 0.717) is 17.5 Å². The molecule has 2 aliphatic carbocycles. The van der Waals surface area contributed by atoms with E-state index < -0.39 is 15.9 Å². The van der Waals surface area contributed by atoms with Gasteiger partial charge in [0.25, 0.3) is 10.0 Å². The van der Waals surface area contributed by atoms with Crippen molar-refractivity contribution in [1.82, 2.24) is 4.72 Å². The van der Waals surface area contributed by atoms with Crippen LogP contribution in [0, 0.1) is 17.8 Å². The molecule has 2 N–H and O–H groups in total. The van der Waals surface area contributed by atoms with Crippen LogP contribution in [0.4, 0.5) is 5.69 Å². The van der Waals surface area contributed by atoms with Crippen LogP contribution in [0.15, 0.2) is 29.2 Å². The van der Waals surface area contributed by atoms with Crippen LogP contribution in [0.5, 0.6) is 0 Å². The molecule has 3 atom stereocenters. The molecule has 0 radical (unpaired) electrons. The van der Waals surface area contributed by atoms with Crippen molar-refractivity contribution in [2.75, 3.05) is 5.32 Å². The Bertz CT molecular complexity index is 727. The van der Waals surface area contributed by atoms with Gasteiger partial charge in [0.05, 0.1) is 4.90 Å². The van der Waals surface area contributed by atoms with Crippen LogP contribution in [0.3, 0.4) is 0 Å². The molecule has 2 amide bonds. The van der Waals surface area contributed by atoms with E-state index in [2.05, 4.69) is 5.32 Å². The summed E-state index contributed by atoms with van der Waals surface area (Å²) < 4.78 is 25.6. The number of carbonyl (C=O) groups is 2. The molecule has 2 bridgehead atoms. The fraction of sp³-hybridized carbons (Fsp3) is 0.500. The number of nitrogens with one attached hydrogen (secondary N) is 2. The quantitative estimate of drug-likeness (QED) is 0.878. The molecule has 1 aromatic rings. The second kappa shape index (κ2) is 5.96. The molecule has 2 aliphatic rings. The van der Waals surface area contributed by atoms with E-state index in [1.54, 1.807) is 12.1 Å². The lowest BCUT2D eigenvalue weighted by atomic mass is 9.88. The Morgan fingerprint density at radius 1 is 1.09 bits per heavy atom. The van der Waals surface area contributed by atoms with Gasteiger partial charge in [0.15, 0.2) is 0 Å². The van der Waals surface area contributed by atoms with Crippen LogP contribution in [-0.2, 0) is 19.6 Å². The van der Waals surface area contributed by atoms with Crippen LogP contribution in [0.25, 0.3) is 0 Å². The highest BCUT2D eigenvalue weighted by atomic mass is 32.2. The Hall–Kier alpha value is -1.89. The largest absolute Gasteiger partial charge is 0.326 e. The number of carbonyl (C=O) groups excluding carboxylic acids is 2. The first kappa shape index (κ1) is 16.0. The highest BCUT2D eigenvalue weighted by Gasteiger charge is 2.42. The van der Waals surface area contributed by atoms with Crippen LogP contribution in [0.2, 0.25) is 0 Å². The molecule has 0 aromatic heterocycles. The summed E-state index contributed by atoms with van der Waals surface area (Å²) in [4.78, 5) is 23.2. The number of amides is 2. The van der Waals surface area contributed by atoms with Gasteiger partial charge in [-0.3, -0.25) is 9.59 Å². The molecule has 0 saturated heterocycles. The van der Waals surface area contributed by atoms with Crippen molar-refractivity contribution in [3.8, 4) is 0 Å². The van der Waals surface area contributed by atoms with Crippen molar-refractivity contribution < 1.29 is 18.0 Å². The van der Waals surface area contributed by atoms with E-state index in [1.807, 2.05) is 4.72 Å². The summed E-state index contributed by atoms with van der Waals surface area (Å²) in [5.41, 5.74) is 0.569. The van der Waals surface area contributed by atoms with Gasteiger partial charge in [0.2, 0.25) is 11.8 Å². The molecule has 23 heavy (non-hydrogen) atoms. The molecule has 3 rings (SSSR count). The molecule has 0 unspecified atom stereocenters. The second-order valence-electron chi connectivity index (χ2n) is 6.46. The normalized spacial score (nSPS) is 26.0. The van der Waals surface area contributed by atoms with Gasteiger partial charge in [-0.15, -0.1) is 0 Å². The Morgan fingerprint density at radius 3 is 2.30 bits per heavy atom. The third kappa shape index (κ3) is 3.39. The summed E-state index contributed by atoms with van der Waals surface area (Å²) in [5.74, 6) is 0.658. The molecule has 7 heteroatoms. The molecule has 2 fully saturated rings. The highest BCUT2D eigenvalue weighted by Crippen LogP contribution is 2.48. The summed E-state index contributed by atoms with van der Waals surface area (Å²) in [6.07, 6.45) is 4.50. The van der Waals surface area contributed by atoms with Crippen LogP contribution >= 0.6 is 0 Å². The summed E-state index contributed by atoms with van der Waals surface area (Å²) in [6, 6.07) is 5.84. The van der Waals surface area contributed by atoms with Gasteiger partial charge in [-0.05, 0) is 55.4 Å². The van der Waals surface area contributed by atoms with Gasteiger partial charge in [0.1, 0.15) is 0 Å². The minimum absolute atomic E-state index is 0.00868. The maximum atomic E-state index is 12.3. The fourth-order valence-electron chi connectivity index (χ4n) is 3.77. The topological polar surface area (TPSA) is 92.3 Å². The number of hydrogen-bond donors (Lipinski definition) is 2. The van der Waals surface area contributed by atoms with E-state index >= 15 is 0 Å². The molecule has 0 spiro atoms. The molecular formula is C16H20N2O4S. The first-order chi connectivity index (χ1) is 10.8. The maximum Gasteiger partial charge on any atom is 0.264 e. The van der Waals surface area contributed by atoms with Gasteiger partial charge in [0, 0.05) is 18.5 Å². The summed E-state index contributed by atoms with van der Waals surface area (Å²) in [5, 5.41) is 2.87. The number of benzene rings is 1. The van der Waals surface area contributed by atoms with E-state index in [1.165, 1.54) is 18.6 Å². The van der Waals surface area contributed by atoms with Gasteiger partial charge in [-0.1, -0.05) is 6.42 Å². The van der Waals surface area contributed by atoms with E-state index in [9.17, 15) is 18.0 Å². The van der Waals surface area contributed by atoms with Crippen molar-refractivity contribution >= 4 is 27.5 Å². The van der Waals surface area contributed by atoms with Crippen molar-refractivity contribution in [2.24, 2.45) is 17.8 Å². The van der Waals surface area contributed by atoms with Crippen molar-refractivity contribution in [2.45, 2.75) is 37.5 Å². The number of anilines is 1. The average Bonchev–Trinajstić information content (AvgIpc) is 3.09. The van der Waals surface area contributed by atoms with Crippen molar-refractivity contribution in [3.05, 3.63) is 24.3 Å². The third-order valence-electron chi connectivity index (χ3n) is 4.79. The van der Waals surface area contributed by atoms with Gasteiger partial charge in [-0.2, -0.15) is 0 Å². The smallest absolute Gasteiger partial charge is 0.264 e. The maximum absolute atomic E-state index is 12.3. The fourth-order valence-corrected chi connectivity index (χ4v) is 4.76. The van der Waals surface area contributed by atoms with Gasteiger partial charge in [-0.25, -0.2) is 13.1 Å². The zero-order chi connectivity index (χ0) is 16.6. The van der Waals surface area contributed by atoms with Gasteiger partial charge < -0.3 is 5.32 Å². The number of rotatable bonds is 4. The summed E-state index contributed by atoms with van der Waals surface area (Å²) in [7, 11) is -3.84. The molecular weight excluding hydrogens is 316 g/mol. The number of hydrogen-bond acceptors (Lipinski definition) is 4. The monoisotopic (exact) mass is 336 g/mol. The molecule has 0 aliphatic heterocycles. The lowest BCUT2D eigenvalue weighted by Gasteiger charge is -2.20. The van der Waals surface area contributed by atoms with E-state index in [4.69, 9.17) is 0 Å². The van der Waals surface area contributed by atoms with Gasteiger partial charge >= 0.3 is 0 Å². The predicted octanol–water partition coefficient (Wildman–Crippen LogP) is 1.89. The first-order valence-corrected chi connectivity index (χ1v) is 9.28. The Morgan fingerprint density at radius 2 is 1.78 bits per heavy atom. The van der Waals surface area contributed by atoms with Crippen LogP contribution < -0.4 is 10.0 Å². The zero-order valence-corrected chi connectivity index (χ0v) is 13.7. The molecule has 6 nitrogen and oxygen atoms in total. The molecule has 0 heterocycles. The Labute approximate surface area is 135 Å². The average molecular weight is 336 g/mol. The molecule has 1 aromatic carbocycles. The minimum atomic E-state index is -3.84. The lowest BCUT2D eigenvalue weighted by Crippen LogP contribution is -2.28. The Balaban J connectivity index is 1.66. The summed E-state index contributed by atoms with van der Waals surface area (Å²) in [6.45, 7) is 1.14. The van der Waals surface area contributed by atoms with Crippen molar-refractivity contribution in [3.63, 3.8) is 0 Å². The number of sulfonamides is 1. The molecule has 2 saturated carbocycles. The lowest BCUT2D eigenvalue weighted by molar-refractivity contribution is -0.121. The Kier molecular flexibility index (Phi) is 4.14. The minimum Gasteiger partial charge on any atom is -0.326 e. The van der Waals surface area contributed by atoms with Crippen LogP contribution in [0.1, 0.15) is 32.6 Å². The highest BCUT2D eigenvalue weighted by molar-refractivity contribution is 7.90. The SMILES string of the molecule is CC(=O)NS(=O)(=O)c1ccc(NC(=O)[C@@H]2C[C@H]3CC[C@H]2C3)cc1. The third-order valence-corrected chi connectivity index (χ3v) is 6.23.